The largest absolute Gasteiger partial charge is 0.323 e. The van der Waals surface area contributed by atoms with Crippen molar-refractivity contribution >= 4 is 23.2 Å². The van der Waals surface area contributed by atoms with E-state index in [1.165, 1.54) is 24.3 Å². The summed E-state index contributed by atoms with van der Waals surface area (Å²) in [7, 11) is 0. The highest BCUT2D eigenvalue weighted by molar-refractivity contribution is 6.30. The predicted octanol–water partition coefficient (Wildman–Crippen LogP) is 4.28. The zero-order chi connectivity index (χ0) is 16.4. The zero-order valence-electron chi connectivity index (χ0n) is 12.2. The third kappa shape index (κ3) is 3.57. The Balaban J connectivity index is 1.99. The van der Waals surface area contributed by atoms with E-state index in [0.717, 1.165) is 11.1 Å². The molecule has 23 heavy (non-hydrogen) atoms. The van der Waals surface area contributed by atoms with E-state index in [2.05, 4.69) is 15.3 Å². The van der Waals surface area contributed by atoms with Crippen LogP contribution in [0.25, 0.3) is 11.3 Å². The number of hydrogen-bond acceptors (Lipinski definition) is 3. The van der Waals surface area contributed by atoms with Crippen molar-refractivity contribution in [2.24, 2.45) is 0 Å². The fourth-order valence-electron chi connectivity index (χ4n) is 2.11. The molecule has 116 valence electrons. The maximum Gasteiger partial charge on any atom is 0.252 e. The fourth-order valence-corrected chi connectivity index (χ4v) is 2.28. The lowest BCUT2D eigenvalue weighted by molar-refractivity contribution is 0.631. The van der Waals surface area contributed by atoms with E-state index in [0.29, 0.717) is 10.7 Å². The van der Waals surface area contributed by atoms with Gasteiger partial charge in [0, 0.05) is 16.7 Å². The van der Waals surface area contributed by atoms with Crippen molar-refractivity contribution in [3.63, 3.8) is 0 Å². The summed E-state index contributed by atoms with van der Waals surface area (Å²) in [6.45, 7) is 1.98. The van der Waals surface area contributed by atoms with Crippen LogP contribution in [0, 0.1) is 12.7 Å². The van der Waals surface area contributed by atoms with Crippen molar-refractivity contribution in [3.05, 3.63) is 75.3 Å². The molecule has 0 amide bonds. The molecule has 2 aromatic carbocycles. The van der Waals surface area contributed by atoms with E-state index in [1.807, 2.05) is 31.2 Å². The van der Waals surface area contributed by atoms with Crippen LogP contribution in [-0.2, 0) is 0 Å². The van der Waals surface area contributed by atoms with Gasteiger partial charge in [0.05, 0.1) is 11.4 Å². The normalized spacial score (nSPS) is 10.6. The Labute approximate surface area is 137 Å². The lowest BCUT2D eigenvalue weighted by Gasteiger charge is -2.08. The van der Waals surface area contributed by atoms with Gasteiger partial charge in [0.25, 0.3) is 5.56 Å². The third-order valence-corrected chi connectivity index (χ3v) is 3.51. The van der Waals surface area contributed by atoms with Gasteiger partial charge in [-0.05, 0) is 25.1 Å². The Morgan fingerprint density at radius 3 is 2.61 bits per heavy atom. The number of H-pyrrole nitrogens is 1. The summed E-state index contributed by atoms with van der Waals surface area (Å²) in [6.07, 6.45) is 0. The van der Waals surface area contributed by atoms with E-state index in [4.69, 9.17) is 11.6 Å². The first-order chi connectivity index (χ1) is 11.0. The maximum absolute atomic E-state index is 13.8. The highest BCUT2D eigenvalue weighted by Crippen LogP contribution is 2.23. The van der Waals surface area contributed by atoms with Crippen LogP contribution in [0.15, 0.2) is 53.3 Å². The van der Waals surface area contributed by atoms with Crippen LogP contribution in [0.4, 0.5) is 16.0 Å². The minimum Gasteiger partial charge on any atom is -0.323 e. The minimum absolute atomic E-state index is 0.140. The summed E-state index contributed by atoms with van der Waals surface area (Å²) in [6, 6.07) is 13.1. The van der Waals surface area contributed by atoms with Crippen molar-refractivity contribution in [1.82, 2.24) is 9.97 Å². The standard InChI is InChI=1S/C17H13ClFN3O/c1-10-2-4-11(5-3-10)14-9-16(23)22-17(20-14)21-15-8-12(18)6-7-13(15)19/h2-9H,1H3,(H2,20,21,22,23). The van der Waals surface area contributed by atoms with E-state index in [-0.39, 0.29) is 17.2 Å². The molecule has 3 rings (SSSR count). The van der Waals surface area contributed by atoms with Crippen molar-refractivity contribution in [2.75, 3.05) is 5.32 Å². The Morgan fingerprint density at radius 1 is 1.13 bits per heavy atom. The van der Waals surface area contributed by atoms with Crippen LogP contribution in [-0.4, -0.2) is 9.97 Å². The van der Waals surface area contributed by atoms with Gasteiger partial charge in [-0.1, -0.05) is 41.4 Å². The molecule has 0 aliphatic carbocycles. The van der Waals surface area contributed by atoms with E-state index < -0.39 is 5.82 Å². The monoisotopic (exact) mass is 329 g/mol. The van der Waals surface area contributed by atoms with Crippen LogP contribution in [0.3, 0.4) is 0 Å². The molecule has 0 atom stereocenters. The molecule has 2 N–H and O–H groups in total. The van der Waals surface area contributed by atoms with Crippen LogP contribution < -0.4 is 10.9 Å². The number of nitrogens with one attached hydrogen (secondary N) is 2. The first-order valence-electron chi connectivity index (χ1n) is 6.92. The molecule has 1 aromatic heterocycles. The molecule has 3 aromatic rings. The highest BCUT2D eigenvalue weighted by atomic mass is 35.5. The SMILES string of the molecule is Cc1ccc(-c2cc(=O)[nH]c(Nc3cc(Cl)ccc3F)n2)cc1. The molecule has 0 unspecified atom stereocenters. The molecular formula is C17H13ClFN3O. The molecule has 1 heterocycles. The van der Waals surface area contributed by atoms with Gasteiger partial charge in [-0.15, -0.1) is 0 Å². The molecule has 0 spiro atoms. The third-order valence-electron chi connectivity index (χ3n) is 3.27. The summed E-state index contributed by atoms with van der Waals surface area (Å²) >= 11 is 5.86. The molecule has 0 saturated carbocycles. The van der Waals surface area contributed by atoms with Crippen molar-refractivity contribution < 1.29 is 4.39 Å². The number of halogens is 2. The van der Waals surface area contributed by atoms with E-state index in [1.54, 1.807) is 0 Å². The molecule has 0 fully saturated rings. The van der Waals surface area contributed by atoms with Crippen LogP contribution in [0.1, 0.15) is 5.56 Å². The van der Waals surface area contributed by atoms with Gasteiger partial charge >= 0.3 is 0 Å². The second-order valence-corrected chi connectivity index (χ2v) is 5.53. The van der Waals surface area contributed by atoms with E-state index in [9.17, 15) is 9.18 Å². The molecule has 0 saturated heterocycles. The summed E-state index contributed by atoms with van der Waals surface area (Å²) in [5.74, 6) is -0.341. The quantitative estimate of drug-likeness (QED) is 0.754. The number of nitrogens with zero attached hydrogens (tertiary/aromatic N) is 1. The Morgan fingerprint density at radius 2 is 1.87 bits per heavy atom. The number of rotatable bonds is 3. The topological polar surface area (TPSA) is 57.8 Å². The molecule has 0 aliphatic rings. The van der Waals surface area contributed by atoms with Crippen LogP contribution >= 0.6 is 11.6 Å². The summed E-state index contributed by atoms with van der Waals surface area (Å²) in [4.78, 5) is 18.7. The zero-order valence-corrected chi connectivity index (χ0v) is 13.0. The lowest BCUT2D eigenvalue weighted by atomic mass is 10.1. The van der Waals surface area contributed by atoms with Gasteiger partial charge < -0.3 is 5.32 Å². The first-order valence-corrected chi connectivity index (χ1v) is 7.29. The minimum atomic E-state index is -0.488. The number of benzene rings is 2. The van der Waals surface area contributed by atoms with Crippen molar-refractivity contribution in [2.45, 2.75) is 6.92 Å². The smallest absolute Gasteiger partial charge is 0.252 e. The van der Waals surface area contributed by atoms with Crippen LogP contribution in [0.2, 0.25) is 5.02 Å². The predicted molar refractivity (Wildman–Crippen MR) is 89.7 cm³/mol. The summed E-state index contributed by atoms with van der Waals surface area (Å²) in [5.41, 5.74) is 2.22. The van der Waals surface area contributed by atoms with E-state index >= 15 is 0 Å². The lowest BCUT2D eigenvalue weighted by Crippen LogP contribution is -2.11. The number of aryl methyl sites for hydroxylation is 1. The van der Waals surface area contributed by atoms with Crippen molar-refractivity contribution in [3.8, 4) is 11.3 Å². The van der Waals surface area contributed by atoms with Gasteiger partial charge in [-0.25, -0.2) is 9.37 Å². The van der Waals surface area contributed by atoms with Gasteiger partial charge in [-0.3, -0.25) is 9.78 Å². The number of aromatic nitrogens is 2. The Bertz CT molecular complexity index is 906. The number of aromatic amines is 1. The number of hydrogen-bond donors (Lipinski definition) is 2. The second-order valence-electron chi connectivity index (χ2n) is 5.09. The molecule has 4 nitrogen and oxygen atoms in total. The number of anilines is 2. The molecule has 0 aliphatic heterocycles. The maximum atomic E-state index is 13.8. The van der Waals surface area contributed by atoms with Gasteiger partial charge in [-0.2, -0.15) is 0 Å². The molecular weight excluding hydrogens is 317 g/mol. The summed E-state index contributed by atoms with van der Waals surface area (Å²) in [5, 5.41) is 3.13. The Hall–Kier alpha value is -2.66. The fraction of sp³-hybridized carbons (Fsp3) is 0.0588. The first kappa shape index (κ1) is 15.2. The Kier molecular flexibility index (Phi) is 4.12. The average molecular weight is 330 g/mol. The summed E-state index contributed by atoms with van der Waals surface area (Å²) < 4.78 is 13.8. The molecule has 0 bridgehead atoms. The molecule has 6 heteroatoms. The van der Waals surface area contributed by atoms with Gasteiger partial charge in [0.15, 0.2) is 0 Å². The van der Waals surface area contributed by atoms with Crippen LogP contribution in [0.5, 0.6) is 0 Å². The average Bonchev–Trinajstić information content (AvgIpc) is 2.51. The molecule has 0 radical (unpaired) electrons. The van der Waals surface area contributed by atoms with Gasteiger partial charge in [0.1, 0.15) is 5.82 Å². The van der Waals surface area contributed by atoms with Crippen molar-refractivity contribution in [1.29, 1.82) is 0 Å². The highest BCUT2D eigenvalue weighted by Gasteiger charge is 2.08. The second kappa shape index (κ2) is 6.22. The van der Waals surface area contributed by atoms with Gasteiger partial charge in [0.2, 0.25) is 5.95 Å².